The number of aliphatic hydroxyl groups excluding tert-OH is 1. The zero-order valence-electron chi connectivity index (χ0n) is 23.2. The van der Waals surface area contributed by atoms with E-state index in [2.05, 4.69) is 54.1 Å². The largest absolute Gasteiger partial charge is 0.400 e. The van der Waals surface area contributed by atoms with Crippen LogP contribution in [0.2, 0.25) is 0 Å². The molecule has 0 spiro atoms. The Morgan fingerprint density at radius 3 is 2.00 bits per heavy atom. The number of ketones is 2. The first-order chi connectivity index (χ1) is 17.2. The van der Waals surface area contributed by atoms with Crippen LogP contribution in [0, 0.1) is 17.8 Å². The molecule has 0 fully saturated rings. The third kappa shape index (κ3) is 9.77. The quantitative estimate of drug-likeness (QED) is 0.363. The van der Waals surface area contributed by atoms with Gasteiger partial charge in [-0.05, 0) is 69.6 Å². The Labute approximate surface area is 217 Å². The average molecular weight is 495 g/mol. The number of nitrogens with zero attached hydrogens (tertiary/aromatic N) is 1. The summed E-state index contributed by atoms with van der Waals surface area (Å²) >= 11 is 0. The number of aliphatic hydroxyl groups is 1. The Kier molecular flexibility index (Phi) is 15.6. The minimum Gasteiger partial charge on any atom is -0.400 e. The number of hydrogen-bond donors (Lipinski definition) is 2. The normalized spacial score (nSPS) is 14.0. The van der Waals surface area contributed by atoms with Crippen molar-refractivity contribution in [1.82, 2.24) is 10.2 Å². The molecule has 0 aromatic heterocycles. The lowest BCUT2D eigenvalue weighted by atomic mass is 10.0. The Morgan fingerprint density at radius 2 is 1.56 bits per heavy atom. The predicted molar refractivity (Wildman–Crippen MR) is 147 cm³/mol. The molecule has 3 rings (SSSR count). The van der Waals surface area contributed by atoms with E-state index in [1.54, 1.807) is 13.8 Å². The molecule has 2 aromatic rings. The van der Waals surface area contributed by atoms with Gasteiger partial charge in [0, 0.05) is 43.4 Å². The lowest BCUT2D eigenvalue weighted by Crippen LogP contribution is -2.29. The molecular weight excluding hydrogens is 452 g/mol. The van der Waals surface area contributed by atoms with Crippen molar-refractivity contribution in [1.29, 1.82) is 0 Å². The number of Topliss-reactive ketones (excluding diaryl/α,β-unsaturated/α-hetero) is 2. The molecule has 0 aliphatic carbocycles. The van der Waals surface area contributed by atoms with Gasteiger partial charge in [-0.15, -0.1) is 0 Å². The van der Waals surface area contributed by atoms with Crippen LogP contribution in [0.25, 0.3) is 0 Å². The molecule has 36 heavy (non-hydrogen) atoms. The molecule has 1 aliphatic rings. The van der Waals surface area contributed by atoms with E-state index in [-0.39, 0.29) is 17.5 Å². The molecule has 6 nitrogen and oxygen atoms in total. The monoisotopic (exact) mass is 494 g/mol. The zero-order valence-corrected chi connectivity index (χ0v) is 23.2. The topological polar surface area (TPSA) is 86.7 Å². The van der Waals surface area contributed by atoms with Gasteiger partial charge in [-0.2, -0.15) is 0 Å². The van der Waals surface area contributed by atoms with Gasteiger partial charge in [0.15, 0.2) is 5.78 Å². The smallest absolute Gasteiger partial charge is 0.230 e. The number of hydrogen-bond acceptors (Lipinski definition) is 5. The van der Waals surface area contributed by atoms with Gasteiger partial charge in [0.2, 0.25) is 5.91 Å². The van der Waals surface area contributed by atoms with Crippen LogP contribution in [0.4, 0.5) is 0 Å². The molecule has 2 N–H and O–H groups in total. The van der Waals surface area contributed by atoms with Crippen LogP contribution in [0.1, 0.15) is 87.1 Å². The highest BCUT2D eigenvalue weighted by molar-refractivity contribution is 5.99. The molecule has 2 atom stereocenters. The van der Waals surface area contributed by atoms with Gasteiger partial charge in [-0.3, -0.25) is 19.3 Å². The zero-order chi connectivity index (χ0) is 27.8. The Hall–Kier alpha value is -3.27. The summed E-state index contributed by atoms with van der Waals surface area (Å²) in [6, 6.07) is 14.5. The molecule has 196 valence electrons. The van der Waals surface area contributed by atoms with Crippen LogP contribution in [-0.2, 0) is 16.1 Å². The maximum absolute atomic E-state index is 11.3. The average Bonchev–Trinajstić information content (AvgIpc) is 3.24. The molecule has 0 radical (unpaired) electrons. The van der Waals surface area contributed by atoms with Crippen molar-refractivity contribution in [2.24, 2.45) is 5.92 Å². The van der Waals surface area contributed by atoms with Crippen LogP contribution in [0.3, 0.4) is 0 Å². The first-order valence-electron chi connectivity index (χ1n) is 12.3. The summed E-state index contributed by atoms with van der Waals surface area (Å²) < 4.78 is 0. The maximum atomic E-state index is 11.3. The van der Waals surface area contributed by atoms with E-state index in [9.17, 15) is 14.4 Å². The van der Waals surface area contributed by atoms with Gasteiger partial charge in [0.05, 0.1) is 5.92 Å². The van der Waals surface area contributed by atoms with E-state index in [1.807, 2.05) is 38.1 Å². The van der Waals surface area contributed by atoms with Crippen molar-refractivity contribution in [3.05, 3.63) is 70.3 Å². The highest BCUT2D eigenvalue weighted by atomic mass is 16.2. The van der Waals surface area contributed by atoms with Crippen molar-refractivity contribution in [2.75, 3.05) is 20.7 Å². The van der Waals surface area contributed by atoms with Gasteiger partial charge in [-0.25, -0.2) is 0 Å². The van der Waals surface area contributed by atoms with E-state index >= 15 is 0 Å². The second-order valence-electron chi connectivity index (χ2n) is 7.98. The molecule has 6 heteroatoms. The molecule has 1 heterocycles. The van der Waals surface area contributed by atoms with Crippen molar-refractivity contribution < 1.29 is 19.5 Å². The van der Waals surface area contributed by atoms with E-state index in [0.717, 1.165) is 36.9 Å². The number of carbonyl (C=O) groups is 3. The van der Waals surface area contributed by atoms with Crippen LogP contribution < -0.4 is 5.32 Å². The molecule has 0 saturated heterocycles. The SMILES string of the molecule is CC.CCN1Cc2cc(C#Cc3ccc(C(C)=O)cc3)ccc2C1C.CNC(=O)C(C)C(C)=O.CO. The fourth-order valence-electron chi connectivity index (χ4n) is 3.50. The van der Waals surface area contributed by atoms with Crippen LogP contribution in [0.5, 0.6) is 0 Å². The van der Waals surface area contributed by atoms with E-state index in [4.69, 9.17) is 5.11 Å². The Balaban J connectivity index is 0.000000797. The van der Waals surface area contributed by atoms with Crippen molar-refractivity contribution in [2.45, 2.75) is 61.1 Å². The molecular formula is C30H42N2O4. The molecule has 1 amide bonds. The maximum Gasteiger partial charge on any atom is 0.230 e. The number of fused-ring (bicyclic) bond motifs is 1. The van der Waals surface area contributed by atoms with Crippen LogP contribution >= 0.6 is 0 Å². The number of amides is 1. The summed E-state index contributed by atoms with van der Waals surface area (Å²) in [6.07, 6.45) is 0. The third-order valence-corrected chi connectivity index (χ3v) is 5.81. The van der Waals surface area contributed by atoms with Crippen molar-refractivity contribution >= 4 is 17.5 Å². The molecule has 0 saturated carbocycles. The fourth-order valence-corrected chi connectivity index (χ4v) is 3.50. The van der Waals surface area contributed by atoms with Crippen LogP contribution in [0.15, 0.2) is 42.5 Å². The van der Waals surface area contributed by atoms with Gasteiger partial charge >= 0.3 is 0 Å². The Bertz CT molecular complexity index is 1050. The molecule has 2 unspecified atom stereocenters. The summed E-state index contributed by atoms with van der Waals surface area (Å²) in [5.41, 5.74) is 5.51. The highest BCUT2D eigenvalue weighted by Crippen LogP contribution is 2.33. The van der Waals surface area contributed by atoms with E-state index < -0.39 is 5.92 Å². The number of carbonyl (C=O) groups excluding carboxylic acids is 3. The van der Waals surface area contributed by atoms with Crippen molar-refractivity contribution in [3.8, 4) is 11.8 Å². The minimum absolute atomic E-state index is 0.0812. The highest BCUT2D eigenvalue weighted by Gasteiger charge is 2.24. The van der Waals surface area contributed by atoms with Gasteiger partial charge in [-0.1, -0.05) is 50.8 Å². The minimum atomic E-state index is -0.505. The standard InChI is InChI=1S/C21H21NO.C6H11NO2.C2H6.CH4O/c1-4-22-14-20-13-18(9-12-21(20)15(22)2)6-5-17-7-10-19(11-8-17)16(3)23;1-4(5(2)8)6(9)7-3;2*1-2/h7-13,15H,4,14H2,1-3H3;4H,1-3H3,(H,7,9);1-2H3;2H,1H3. The van der Waals surface area contributed by atoms with Gasteiger partial charge in [0.1, 0.15) is 5.78 Å². The molecule has 2 aromatic carbocycles. The summed E-state index contributed by atoms with van der Waals surface area (Å²) in [5, 5.41) is 9.39. The molecule has 0 bridgehead atoms. The second kappa shape index (κ2) is 17.2. The molecule has 1 aliphatic heterocycles. The number of nitrogens with one attached hydrogen (secondary N) is 1. The third-order valence-electron chi connectivity index (χ3n) is 5.81. The second-order valence-corrected chi connectivity index (χ2v) is 7.98. The summed E-state index contributed by atoms with van der Waals surface area (Å²) in [4.78, 5) is 34.8. The number of rotatable bonds is 4. The summed E-state index contributed by atoms with van der Waals surface area (Å²) in [6.45, 7) is 15.1. The summed E-state index contributed by atoms with van der Waals surface area (Å²) in [7, 11) is 2.52. The first kappa shape index (κ1) is 32.7. The first-order valence-corrected chi connectivity index (χ1v) is 12.3. The summed E-state index contributed by atoms with van der Waals surface area (Å²) in [5.74, 6) is 5.67. The Morgan fingerprint density at radius 1 is 1.03 bits per heavy atom. The lowest BCUT2D eigenvalue weighted by Gasteiger charge is -2.18. The van der Waals surface area contributed by atoms with E-state index in [0.29, 0.717) is 6.04 Å². The van der Waals surface area contributed by atoms with E-state index in [1.165, 1.54) is 25.1 Å². The van der Waals surface area contributed by atoms with Crippen molar-refractivity contribution in [3.63, 3.8) is 0 Å². The predicted octanol–water partition coefficient (Wildman–Crippen LogP) is 4.78. The van der Waals surface area contributed by atoms with Gasteiger partial charge < -0.3 is 10.4 Å². The lowest BCUT2D eigenvalue weighted by molar-refractivity contribution is -0.131. The fraction of sp³-hybridized carbons (Fsp3) is 0.433. The number of benzene rings is 2. The van der Waals surface area contributed by atoms with Crippen LogP contribution in [-0.4, -0.2) is 48.2 Å². The van der Waals surface area contributed by atoms with Gasteiger partial charge in [0.25, 0.3) is 0 Å².